The molecule has 0 N–H and O–H groups in total. The van der Waals surface area contributed by atoms with Crippen LogP contribution in [0.2, 0.25) is 25.2 Å². The van der Waals surface area contributed by atoms with Gasteiger partial charge in [-0.3, -0.25) is 4.79 Å². The number of carbonyl (C=O) groups excluding carboxylic acids is 1. The van der Waals surface area contributed by atoms with E-state index >= 15 is 0 Å². The van der Waals surface area contributed by atoms with Gasteiger partial charge in [-0.1, -0.05) is 45.1 Å². The Morgan fingerprint density at radius 3 is 2.47 bits per heavy atom. The van der Waals surface area contributed by atoms with E-state index in [0.29, 0.717) is 35.0 Å². The summed E-state index contributed by atoms with van der Waals surface area (Å²) in [6.07, 6.45) is 7.23. The van der Waals surface area contributed by atoms with Crippen LogP contribution in [0, 0.1) is 29.6 Å². The molecule has 3 aliphatic carbocycles. The smallest absolute Gasteiger partial charge is 0.137 e. The van der Waals surface area contributed by atoms with Gasteiger partial charge in [0.15, 0.2) is 0 Å². The predicted molar refractivity (Wildman–Crippen MR) is 73.6 cm³/mol. The Morgan fingerprint density at radius 1 is 1.24 bits per heavy atom. The van der Waals surface area contributed by atoms with Crippen molar-refractivity contribution in [2.24, 2.45) is 29.6 Å². The molecule has 0 heterocycles. The minimum absolute atomic E-state index is 0.409. The molecule has 17 heavy (non-hydrogen) atoms. The lowest BCUT2D eigenvalue weighted by Crippen LogP contribution is -2.36. The number of hydrogen-bond acceptors (Lipinski definition) is 1. The van der Waals surface area contributed by atoms with Gasteiger partial charge >= 0.3 is 0 Å². The molecule has 0 spiro atoms. The second-order valence-corrected chi connectivity index (χ2v) is 12.7. The van der Waals surface area contributed by atoms with Crippen molar-refractivity contribution in [1.82, 2.24) is 0 Å². The molecule has 2 saturated carbocycles. The van der Waals surface area contributed by atoms with Crippen molar-refractivity contribution >= 4 is 13.9 Å². The molecular formula is C15H24OSi. The lowest BCUT2D eigenvalue weighted by Gasteiger charge is -2.32. The van der Waals surface area contributed by atoms with Gasteiger partial charge < -0.3 is 0 Å². The molecule has 1 nitrogen and oxygen atoms in total. The predicted octanol–water partition coefficient (Wildman–Crippen LogP) is 3.74. The van der Waals surface area contributed by atoms with Crippen molar-refractivity contribution in [2.75, 3.05) is 0 Å². The summed E-state index contributed by atoms with van der Waals surface area (Å²) >= 11 is 0. The second-order valence-electron chi connectivity index (χ2n) is 7.37. The number of carbonyl (C=O) groups is 1. The maximum atomic E-state index is 12.8. The van der Waals surface area contributed by atoms with Gasteiger partial charge in [0, 0.05) is 11.5 Å². The lowest BCUT2D eigenvalue weighted by atomic mass is 9.80. The Morgan fingerprint density at radius 2 is 1.88 bits per heavy atom. The fourth-order valence-corrected chi connectivity index (χ4v) is 7.85. The topological polar surface area (TPSA) is 17.1 Å². The maximum absolute atomic E-state index is 12.8. The fraction of sp³-hybridized carbons (Fsp3) is 0.800. The van der Waals surface area contributed by atoms with E-state index in [1.165, 1.54) is 12.8 Å². The number of fused-ring (bicyclic) bond motifs is 5. The highest BCUT2D eigenvalue weighted by molar-refractivity contribution is 6.80. The Kier molecular flexibility index (Phi) is 2.45. The maximum Gasteiger partial charge on any atom is 0.137 e. The van der Waals surface area contributed by atoms with Crippen LogP contribution >= 0.6 is 0 Å². The van der Waals surface area contributed by atoms with E-state index in [2.05, 4.69) is 38.7 Å². The van der Waals surface area contributed by atoms with E-state index in [0.717, 1.165) is 5.92 Å². The van der Waals surface area contributed by atoms with Gasteiger partial charge in [0.2, 0.25) is 0 Å². The highest BCUT2D eigenvalue weighted by atomic mass is 28.3. The van der Waals surface area contributed by atoms with Crippen LogP contribution in [0.15, 0.2) is 12.2 Å². The van der Waals surface area contributed by atoms with E-state index in [1.807, 2.05) is 0 Å². The summed E-state index contributed by atoms with van der Waals surface area (Å²) in [6.45, 7) is 9.45. The van der Waals surface area contributed by atoms with Gasteiger partial charge in [-0.25, -0.2) is 0 Å². The zero-order chi connectivity index (χ0) is 12.4. The normalized spacial score (nSPS) is 47.9. The summed E-state index contributed by atoms with van der Waals surface area (Å²) in [4.78, 5) is 12.8. The van der Waals surface area contributed by atoms with E-state index < -0.39 is 8.07 Å². The molecule has 0 aromatic rings. The SMILES string of the molecule is CC[C@H]1[C@H]2[C@@H](C(=O)[C@@H]1[Si](C)(C)C)[C@@H]1C=C[C@H]2C1. The molecule has 2 bridgehead atoms. The quantitative estimate of drug-likeness (QED) is 0.537. The first-order valence-electron chi connectivity index (χ1n) is 7.17. The highest BCUT2D eigenvalue weighted by Gasteiger charge is 2.61. The molecule has 6 atom stereocenters. The third-order valence-electron chi connectivity index (χ3n) is 5.48. The second kappa shape index (κ2) is 3.56. The zero-order valence-electron chi connectivity index (χ0n) is 11.4. The van der Waals surface area contributed by atoms with Crippen LogP contribution in [0.1, 0.15) is 19.8 Å². The molecule has 0 radical (unpaired) electrons. The molecule has 0 amide bonds. The van der Waals surface area contributed by atoms with Crippen molar-refractivity contribution in [3.8, 4) is 0 Å². The number of ketones is 1. The Hall–Kier alpha value is -0.373. The summed E-state index contributed by atoms with van der Waals surface area (Å²) < 4.78 is 0. The Balaban J connectivity index is 1.99. The number of allylic oxidation sites excluding steroid dienone is 2. The summed E-state index contributed by atoms with van der Waals surface area (Å²) in [5, 5.41) is 0. The van der Waals surface area contributed by atoms with Gasteiger partial charge in [0.05, 0.1) is 8.07 Å². The molecule has 3 aliphatic rings. The molecule has 0 aromatic carbocycles. The first-order valence-corrected chi connectivity index (χ1v) is 10.7. The Labute approximate surface area is 106 Å². The summed E-state index contributed by atoms with van der Waals surface area (Å²) in [6, 6.07) is 0. The monoisotopic (exact) mass is 248 g/mol. The molecular weight excluding hydrogens is 224 g/mol. The zero-order valence-corrected chi connectivity index (χ0v) is 12.4. The van der Waals surface area contributed by atoms with Crippen molar-refractivity contribution < 1.29 is 4.79 Å². The average Bonchev–Trinajstić information content (AvgIpc) is 2.86. The van der Waals surface area contributed by atoms with Gasteiger partial charge in [-0.15, -0.1) is 0 Å². The van der Waals surface area contributed by atoms with E-state index in [4.69, 9.17) is 0 Å². The molecule has 2 fully saturated rings. The van der Waals surface area contributed by atoms with Crippen LogP contribution in [-0.4, -0.2) is 13.9 Å². The van der Waals surface area contributed by atoms with Crippen LogP contribution in [0.5, 0.6) is 0 Å². The van der Waals surface area contributed by atoms with Gasteiger partial charge in [-0.05, 0) is 30.1 Å². The first-order chi connectivity index (χ1) is 7.95. The van der Waals surface area contributed by atoms with Crippen molar-refractivity contribution in [3.63, 3.8) is 0 Å². The minimum atomic E-state index is -1.35. The van der Waals surface area contributed by atoms with Gasteiger partial charge in [-0.2, -0.15) is 0 Å². The van der Waals surface area contributed by atoms with Crippen LogP contribution in [0.4, 0.5) is 0 Å². The third kappa shape index (κ3) is 1.46. The molecule has 0 aliphatic heterocycles. The van der Waals surface area contributed by atoms with Crippen LogP contribution in [-0.2, 0) is 4.79 Å². The third-order valence-corrected chi connectivity index (χ3v) is 8.06. The molecule has 0 saturated heterocycles. The standard InChI is InChI=1S/C15H24OSi/c1-5-11-12-9-6-7-10(8-9)13(12)14(16)15(11)17(2,3)4/h6-7,9-13,15H,5,8H2,1-4H3/t9-,10+,11-,12-,13-,15+/m0/s1. The Bertz CT molecular complexity index is 379. The van der Waals surface area contributed by atoms with Crippen LogP contribution in [0.3, 0.4) is 0 Å². The minimum Gasteiger partial charge on any atom is -0.299 e. The van der Waals surface area contributed by atoms with Crippen molar-refractivity contribution in [1.29, 1.82) is 0 Å². The largest absolute Gasteiger partial charge is 0.299 e. The fourth-order valence-electron chi connectivity index (χ4n) is 5.06. The van der Waals surface area contributed by atoms with Crippen LogP contribution in [0.25, 0.3) is 0 Å². The average molecular weight is 248 g/mol. The first kappa shape index (κ1) is 11.7. The van der Waals surface area contributed by atoms with Crippen molar-refractivity contribution in [3.05, 3.63) is 12.2 Å². The van der Waals surface area contributed by atoms with E-state index in [-0.39, 0.29) is 0 Å². The van der Waals surface area contributed by atoms with Gasteiger partial charge in [0.1, 0.15) is 5.78 Å². The summed E-state index contributed by atoms with van der Waals surface area (Å²) in [5.41, 5.74) is 0.438. The molecule has 3 rings (SSSR count). The molecule has 2 heteroatoms. The summed E-state index contributed by atoms with van der Waals surface area (Å²) in [7, 11) is -1.35. The highest BCUT2D eigenvalue weighted by Crippen LogP contribution is 2.62. The molecule has 0 unspecified atom stereocenters. The van der Waals surface area contributed by atoms with Gasteiger partial charge in [0.25, 0.3) is 0 Å². The number of hydrogen-bond donors (Lipinski definition) is 0. The van der Waals surface area contributed by atoms with Crippen molar-refractivity contribution in [2.45, 2.75) is 44.9 Å². The van der Waals surface area contributed by atoms with E-state index in [9.17, 15) is 4.79 Å². The molecule has 0 aromatic heterocycles. The number of rotatable bonds is 2. The molecule has 94 valence electrons. The summed E-state index contributed by atoms with van der Waals surface area (Å²) in [5.74, 6) is 3.80. The van der Waals surface area contributed by atoms with E-state index in [1.54, 1.807) is 0 Å². The van der Waals surface area contributed by atoms with Crippen LogP contribution < -0.4 is 0 Å². The number of Topliss-reactive ketones (excluding diaryl/α,β-unsaturated/α-hetero) is 1. The lowest BCUT2D eigenvalue weighted by molar-refractivity contribution is -0.121.